The van der Waals surface area contributed by atoms with Crippen LogP contribution in [0.25, 0.3) is 0 Å². The first-order valence-corrected chi connectivity index (χ1v) is 11.2. The largest absolute Gasteiger partial charge is 0.486 e. The van der Waals surface area contributed by atoms with Gasteiger partial charge in [0.05, 0.1) is 15.9 Å². The molecule has 2 aromatic carbocycles. The smallest absolute Gasteiger partial charge is 0.292 e. The Balaban J connectivity index is 1.37. The van der Waals surface area contributed by atoms with Crippen LogP contribution in [0.2, 0.25) is 5.02 Å². The maximum atomic E-state index is 12.6. The summed E-state index contributed by atoms with van der Waals surface area (Å²) in [6.07, 6.45) is 1.74. The molecule has 34 heavy (non-hydrogen) atoms. The molecule has 0 saturated heterocycles. The zero-order valence-electron chi connectivity index (χ0n) is 17.8. The molecular weight excluding hydrogens is 528 g/mol. The predicted octanol–water partition coefficient (Wildman–Crippen LogP) is 5.99. The summed E-state index contributed by atoms with van der Waals surface area (Å²) < 4.78 is 13.5. The van der Waals surface area contributed by atoms with Crippen molar-refractivity contribution < 1.29 is 18.9 Å². The number of aryl methyl sites for hydroxylation is 1. The number of nitro benzene ring substituents is 1. The monoisotopic (exact) mass is 544 g/mol. The number of furan rings is 1. The van der Waals surface area contributed by atoms with Crippen LogP contribution in [0.15, 0.2) is 69.7 Å². The predicted molar refractivity (Wildman–Crippen MR) is 129 cm³/mol. The molecule has 11 heteroatoms. The van der Waals surface area contributed by atoms with Gasteiger partial charge < -0.3 is 14.5 Å². The summed E-state index contributed by atoms with van der Waals surface area (Å²) in [7, 11) is 0. The van der Waals surface area contributed by atoms with Crippen LogP contribution in [-0.4, -0.2) is 20.6 Å². The zero-order chi connectivity index (χ0) is 24.2. The van der Waals surface area contributed by atoms with Crippen molar-refractivity contribution in [3.63, 3.8) is 0 Å². The standard InChI is InChI=1S/C23H18BrClN4O5/c1-14-10-16(6-8-20(14)29(31)32)33-13-17-7-9-21(34-17)23(30)26-22-18(24)12-28(27-22)11-15-4-2-3-5-19(15)25/h2-10,12H,11,13H2,1H3,(H,26,27,30). The van der Waals surface area contributed by atoms with E-state index in [0.717, 1.165) is 5.56 Å². The fraction of sp³-hybridized carbons (Fsp3) is 0.130. The Kier molecular flexibility index (Phi) is 6.99. The number of amides is 1. The molecule has 4 rings (SSSR count). The minimum absolute atomic E-state index is 0.0183. The van der Waals surface area contributed by atoms with Gasteiger partial charge in [-0.3, -0.25) is 19.6 Å². The van der Waals surface area contributed by atoms with Crippen LogP contribution >= 0.6 is 27.5 Å². The van der Waals surface area contributed by atoms with E-state index in [0.29, 0.717) is 38.9 Å². The van der Waals surface area contributed by atoms with Gasteiger partial charge in [0.15, 0.2) is 11.6 Å². The van der Waals surface area contributed by atoms with Gasteiger partial charge in [-0.1, -0.05) is 29.8 Å². The van der Waals surface area contributed by atoms with Gasteiger partial charge in [-0.05, 0) is 58.7 Å². The lowest BCUT2D eigenvalue weighted by molar-refractivity contribution is -0.385. The number of benzene rings is 2. The third-order valence-electron chi connectivity index (χ3n) is 4.87. The van der Waals surface area contributed by atoms with E-state index in [-0.39, 0.29) is 18.1 Å². The number of carbonyl (C=O) groups is 1. The molecule has 1 amide bonds. The second kappa shape index (κ2) is 10.1. The van der Waals surface area contributed by atoms with E-state index in [9.17, 15) is 14.9 Å². The Hall–Kier alpha value is -3.63. The van der Waals surface area contributed by atoms with E-state index >= 15 is 0 Å². The number of ether oxygens (including phenoxy) is 1. The van der Waals surface area contributed by atoms with E-state index in [2.05, 4.69) is 26.3 Å². The number of anilines is 1. The summed E-state index contributed by atoms with van der Waals surface area (Å²) >= 11 is 9.61. The number of rotatable bonds is 8. The summed E-state index contributed by atoms with van der Waals surface area (Å²) in [5.41, 5.74) is 1.40. The van der Waals surface area contributed by atoms with Crippen molar-refractivity contribution in [2.24, 2.45) is 0 Å². The Morgan fingerprint density at radius 2 is 2.06 bits per heavy atom. The van der Waals surface area contributed by atoms with Gasteiger partial charge in [-0.2, -0.15) is 5.10 Å². The Morgan fingerprint density at radius 3 is 2.79 bits per heavy atom. The quantitative estimate of drug-likeness (QED) is 0.215. The number of hydrogen-bond acceptors (Lipinski definition) is 6. The number of nitrogens with one attached hydrogen (secondary N) is 1. The maximum absolute atomic E-state index is 12.6. The van der Waals surface area contributed by atoms with Gasteiger partial charge in [-0.25, -0.2) is 0 Å². The molecule has 0 aliphatic carbocycles. The fourth-order valence-electron chi connectivity index (χ4n) is 3.19. The van der Waals surface area contributed by atoms with Crippen LogP contribution in [0.3, 0.4) is 0 Å². The molecule has 0 saturated carbocycles. The topological polar surface area (TPSA) is 112 Å². The SMILES string of the molecule is Cc1cc(OCc2ccc(C(=O)Nc3nn(Cc4ccccc4Cl)cc3Br)o2)ccc1[N+](=O)[O-]. The van der Waals surface area contributed by atoms with Crippen molar-refractivity contribution in [3.05, 3.63) is 103 Å². The molecule has 0 atom stereocenters. The van der Waals surface area contributed by atoms with Crippen molar-refractivity contribution in [2.45, 2.75) is 20.1 Å². The molecule has 0 radical (unpaired) electrons. The minimum atomic E-state index is -0.471. The van der Waals surface area contributed by atoms with Crippen molar-refractivity contribution >= 4 is 44.9 Å². The number of aromatic nitrogens is 2. The highest BCUT2D eigenvalue weighted by atomic mass is 79.9. The molecule has 9 nitrogen and oxygen atoms in total. The molecule has 4 aromatic rings. The van der Waals surface area contributed by atoms with E-state index < -0.39 is 10.8 Å². The van der Waals surface area contributed by atoms with Gasteiger partial charge in [0.2, 0.25) is 0 Å². The molecule has 1 N–H and O–H groups in total. The van der Waals surface area contributed by atoms with Gasteiger partial charge in [0.1, 0.15) is 18.1 Å². The van der Waals surface area contributed by atoms with Gasteiger partial charge in [0, 0.05) is 22.8 Å². The second-order valence-corrected chi connectivity index (χ2v) is 8.59. The highest BCUT2D eigenvalue weighted by molar-refractivity contribution is 9.10. The van der Waals surface area contributed by atoms with Gasteiger partial charge >= 0.3 is 0 Å². The van der Waals surface area contributed by atoms with Crippen molar-refractivity contribution in [1.82, 2.24) is 9.78 Å². The second-order valence-electron chi connectivity index (χ2n) is 7.33. The first-order chi connectivity index (χ1) is 16.3. The number of halogens is 2. The molecule has 174 valence electrons. The van der Waals surface area contributed by atoms with Crippen LogP contribution in [0, 0.1) is 17.0 Å². The molecular formula is C23H18BrClN4O5. The van der Waals surface area contributed by atoms with Gasteiger partial charge in [0.25, 0.3) is 11.6 Å². The molecule has 0 aliphatic heterocycles. The van der Waals surface area contributed by atoms with Crippen LogP contribution in [-0.2, 0) is 13.2 Å². The van der Waals surface area contributed by atoms with Crippen LogP contribution in [0.5, 0.6) is 5.75 Å². The minimum Gasteiger partial charge on any atom is -0.486 e. The van der Waals surface area contributed by atoms with E-state index in [1.165, 1.54) is 18.2 Å². The molecule has 0 aliphatic rings. The van der Waals surface area contributed by atoms with Crippen molar-refractivity contribution in [3.8, 4) is 5.75 Å². The van der Waals surface area contributed by atoms with Crippen LogP contribution in [0.1, 0.15) is 27.4 Å². The summed E-state index contributed by atoms with van der Waals surface area (Å²) in [6.45, 7) is 2.13. The zero-order valence-corrected chi connectivity index (χ0v) is 20.2. The van der Waals surface area contributed by atoms with E-state index in [1.54, 1.807) is 36.0 Å². The molecule has 2 aromatic heterocycles. The molecule has 0 spiro atoms. The Morgan fingerprint density at radius 1 is 1.26 bits per heavy atom. The van der Waals surface area contributed by atoms with Crippen molar-refractivity contribution in [1.29, 1.82) is 0 Å². The third kappa shape index (κ3) is 5.46. The highest BCUT2D eigenvalue weighted by Crippen LogP contribution is 2.25. The first kappa shape index (κ1) is 23.5. The normalized spacial score (nSPS) is 10.8. The lowest BCUT2D eigenvalue weighted by Gasteiger charge is -2.05. The summed E-state index contributed by atoms with van der Waals surface area (Å²) in [6, 6.07) is 15.1. The number of carbonyl (C=O) groups excluding carboxylic acids is 1. The van der Waals surface area contributed by atoms with E-state index in [4.69, 9.17) is 20.8 Å². The average molecular weight is 546 g/mol. The maximum Gasteiger partial charge on any atom is 0.292 e. The molecule has 0 bridgehead atoms. The number of nitrogens with zero attached hydrogens (tertiary/aromatic N) is 3. The van der Waals surface area contributed by atoms with E-state index in [1.807, 2.05) is 18.2 Å². The lowest BCUT2D eigenvalue weighted by Crippen LogP contribution is -2.12. The average Bonchev–Trinajstić information content (AvgIpc) is 3.40. The highest BCUT2D eigenvalue weighted by Gasteiger charge is 2.17. The molecule has 2 heterocycles. The fourth-order valence-corrected chi connectivity index (χ4v) is 3.80. The van der Waals surface area contributed by atoms with Crippen LogP contribution in [0.4, 0.5) is 11.5 Å². The van der Waals surface area contributed by atoms with Crippen molar-refractivity contribution in [2.75, 3.05) is 5.32 Å². The third-order valence-corrected chi connectivity index (χ3v) is 5.82. The molecule has 0 unspecified atom stereocenters. The Bertz CT molecular complexity index is 1370. The lowest BCUT2D eigenvalue weighted by atomic mass is 10.2. The first-order valence-electron chi connectivity index (χ1n) is 10.0. The summed E-state index contributed by atoms with van der Waals surface area (Å²) in [5, 5.41) is 18.7. The van der Waals surface area contributed by atoms with Gasteiger partial charge in [-0.15, -0.1) is 0 Å². The number of hydrogen-bond donors (Lipinski definition) is 1. The number of nitro groups is 1. The summed E-state index contributed by atoms with van der Waals surface area (Å²) in [4.78, 5) is 23.1. The Labute approximate surface area is 207 Å². The molecule has 0 fully saturated rings. The summed E-state index contributed by atoms with van der Waals surface area (Å²) in [5.74, 6) is 0.836. The van der Waals surface area contributed by atoms with Crippen LogP contribution < -0.4 is 10.1 Å².